The first kappa shape index (κ1) is 10.6. The zero-order valence-corrected chi connectivity index (χ0v) is 10.3. The standard InChI is InChI=1S/C15H13N3O/c1-2-4-11-9-12(6-5-10(11)3-1)14-17-15(19-18-14)16-13-7-8-13/h1-6,9,13H,7-8H2,(H,16,17,18). The molecule has 0 bridgehead atoms. The summed E-state index contributed by atoms with van der Waals surface area (Å²) in [5.41, 5.74) is 0.978. The Morgan fingerprint density at radius 1 is 1.05 bits per heavy atom. The molecule has 3 aromatic rings. The van der Waals surface area contributed by atoms with E-state index in [1.165, 1.54) is 23.6 Å². The molecule has 1 N–H and O–H groups in total. The predicted octanol–water partition coefficient (Wildman–Crippen LogP) is 3.46. The Bertz CT molecular complexity index is 731. The van der Waals surface area contributed by atoms with E-state index < -0.39 is 0 Å². The Balaban J connectivity index is 1.70. The summed E-state index contributed by atoms with van der Waals surface area (Å²) in [4.78, 5) is 4.38. The van der Waals surface area contributed by atoms with Crippen molar-refractivity contribution in [3.63, 3.8) is 0 Å². The van der Waals surface area contributed by atoms with Gasteiger partial charge in [0.25, 0.3) is 0 Å². The van der Waals surface area contributed by atoms with Gasteiger partial charge in [-0.15, -0.1) is 0 Å². The maximum atomic E-state index is 5.21. The lowest BCUT2D eigenvalue weighted by Crippen LogP contribution is -2.00. The first-order valence-corrected chi connectivity index (χ1v) is 6.48. The number of anilines is 1. The number of hydrogen-bond donors (Lipinski definition) is 1. The van der Waals surface area contributed by atoms with Crippen molar-refractivity contribution in [3.8, 4) is 11.4 Å². The Morgan fingerprint density at radius 3 is 2.74 bits per heavy atom. The zero-order valence-electron chi connectivity index (χ0n) is 10.3. The van der Waals surface area contributed by atoms with Crippen LogP contribution in [-0.4, -0.2) is 16.2 Å². The van der Waals surface area contributed by atoms with Crippen LogP contribution in [-0.2, 0) is 0 Å². The van der Waals surface area contributed by atoms with Gasteiger partial charge in [-0.3, -0.25) is 0 Å². The number of aromatic nitrogens is 2. The van der Waals surface area contributed by atoms with Gasteiger partial charge in [0.05, 0.1) is 0 Å². The molecule has 0 atom stereocenters. The highest BCUT2D eigenvalue weighted by Gasteiger charge is 2.23. The summed E-state index contributed by atoms with van der Waals surface area (Å²) in [6, 6.07) is 15.5. The van der Waals surface area contributed by atoms with E-state index in [0.717, 1.165) is 5.56 Å². The maximum absolute atomic E-state index is 5.21. The van der Waals surface area contributed by atoms with E-state index in [2.05, 4.69) is 39.7 Å². The fourth-order valence-electron chi connectivity index (χ4n) is 2.13. The second-order valence-electron chi connectivity index (χ2n) is 4.90. The minimum Gasteiger partial charge on any atom is -0.335 e. The Kier molecular flexibility index (Phi) is 2.27. The van der Waals surface area contributed by atoms with Gasteiger partial charge in [-0.2, -0.15) is 4.98 Å². The number of rotatable bonds is 3. The lowest BCUT2D eigenvalue weighted by atomic mass is 10.1. The van der Waals surface area contributed by atoms with Gasteiger partial charge in [0.1, 0.15) is 0 Å². The van der Waals surface area contributed by atoms with Crippen molar-refractivity contribution >= 4 is 16.8 Å². The number of benzene rings is 2. The molecule has 4 heteroatoms. The molecule has 0 unspecified atom stereocenters. The molecular formula is C15H13N3O. The molecule has 0 amide bonds. The van der Waals surface area contributed by atoms with E-state index in [4.69, 9.17) is 4.52 Å². The first-order valence-electron chi connectivity index (χ1n) is 6.48. The molecule has 1 fully saturated rings. The Hall–Kier alpha value is -2.36. The van der Waals surface area contributed by atoms with E-state index >= 15 is 0 Å². The number of nitrogens with zero attached hydrogens (tertiary/aromatic N) is 2. The van der Waals surface area contributed by atoms with Crippen molar-refractivity contribution in [1.82, 2.24) is 10.1 Å². The zero-order chi connectivity index (χ0) is 12.7. The highest BCUT2D eigenvalue weighted by Crippen LogP contribution is 2.26. The summed E-state index contributed by atoms with van der Waals surface area (Å²) in [6.07, 6.45) is 2.38. The largest absolute Gasteiger partial charge is 0.335 e. The fourth-order valence-corrected chi connectivity index (χ4v) is 2.13. The summed E-state index contributed by atoms with van der Waals surface area (Å²) in [5, 5.41) is 9.62. The van der Waals surface area contributed by atoms with E-state index in [9.17, 15) is 0 Å². The highest BCUT2D eigenvalue weighted by atomic mass is 16.5. The molecule has 4 rings (SSSR count). The topological polar surface area (TPSA) is 51.0 Å². The summed E-state index contributed by atoms with van der Waals surface area (Å²) < 4.78 is 5.21. The van der Waals surface area contributed by atoms with Gasteiger partial charge in [0.2, 0.25) is 5.82 Å². The van der Waals surface area contributed by atoms with Gasteiger partial charge in [-0.05, 0) is 29.7 Å². The second-order valence-corrected chi connectivity index (χ2v) is 4.90. The van der Waals surface area contributed by atoms with Crippen molar-refractivity contribution in [2.45, 2.75) is 18.9 Å². The van der Waals surface area contributed by atoms with E-state index in [-0.39, 0.29) is 0 Å². The van der Waals surface area contributed by atoms with Gasteiger partial charge < -0.3 is 9.84 Å². The van der Waals surface area contributed by atoms with Crippen molar-refractivity contribution < 1.29 is 4.52 Å². The van der Waals surface area contributed by atoms with Crippen LogP contribution in [0.1, 0.15) is 12.8 Å². The van der Waals surface area contributed by atoms with E-state index in [1.807, 2.05) is 18.2 Å². The van der Waals surface area contributed by atoms with Gasteiger partial charge >= 0.3 is 6.01 Å². The Labute approximate surface area is 110 Å². The van der Waals surface area contributed by atoms with Crippen LogP contribution in [0.15, 0.2) is 47.0 Å². The number of nitrogens with one attached hydrogen (secondary N) is 1. The molecular weight excluding hydrogens is 238 g/mol. The number of hydrogen-bond acceptors (Lipinski definition) is 4. The van der Waals surface area contributed by atoms with Crippen LogP contribution < -0.4 is 5.32 Å². The monoisotopic (exact) mass is 251 g/mol. The van der Waals surface area contributed by atoms with Gasteiger partial charge in [-0.25, -0.2) is 0 Å². The van der Waals surface area contributed by atoms with E-state index in [1.54, 1.807) is 0 Å². The molecule has 1 saturated carbocycles. The smallest absolute Gasteiger partial charge is 0.322 e. The molecule has 19 heavy (non-hydrogen) atoms. The molecule has 1 heterocycles. The third kappa shape index (κ3) is 2.05. The lowest BCUT2D eigenvalue weighted by Gasteiger charge is -1.99. The normalized spacial score (nSPS) is 14.7. The van der Waals surface area contributed by atoms with Crippen molar-refractivity contribution in [1.29, 1.82) is 0 Å². The van der Waals surface area contributed by atoms with Gasteiger partial charge in [-0.1, -0.05) is 41.6 Å². The Morgan fingerprint density at radius 2 is 1.89 bits per heavy atom. The van der Waals surface area contributed by atoms with Gasteiger partial charge in [0.15, 0.2) is 0 Å². The van der Waals surface area contributed by atoms with Crippen LogP contribution in [0.25, 0.3) is 22.2 Å². The van der Waals surface area contributed by atoms with Crippen molar-refractivity contribution in [3.05, 3.63) is 42.5 Å². The summed E-state index contributed by atoms with van der Waals surface area (Å²) in [7, 11) is 0. The summed E-state index contributed by atoms with van der Waals surface area (Å²) in [5.74, 6) is 0.633. The van der Waals surface area contributed by atoms with Crippen LogP contribution in [0.4, 0.5) is 6.01 Å². The highest BCUT2D eigenvalue weighted by molar-refractivity contribution is 5.86. The fraction of sp³-hybridized carbons (Fsp3) is 0.200. The summed E-state index contributed by atoms with van der Waals surface area (Å²) in [6.45, 7) is 0. The van der Waals surface area contributed by atoms with Crippen LogP contribution >= 0.6 is 0 Å². The first-order chi connectivity index (χ1) is 9.38. The third-order valence-electron chi connectivity index (χ3n) is 3.34. The number of fused-ring (bicyclic) bond motifs is 1. The van der Waals surface area contributed by atoms with Gasteiger partial charge in [0, 0.05) is 11.6 Å². The minimum absolute atomic E-state index is 0.518. The molecule has 94 valence electrons. The molecule has 0 spiro atoms. The average molecular weight is 251 g/mol. The van der Waals surface area contributed by atoms with Crippen molar-refractivity contribution in [2.24, 2.45) is 0 Å². The predicted molar refractivity (Wildman–Crippen MR) is 73.9 cm³/mol. The maximum Gasteiger partial charge on any atom is 0.322 e. The minimum atomic E-state index is 0.518. The van der Waals surface area contributed by atoms with Crippen LogP contribution in [0.2, 0.25) is 0 Å². The van der Waals surface area contributed by atoms with E-state index in [0.29, 0.717) is 17.9 Å². The molecule has 1 aliphatic carbocycles. The van der Waals surface area contributed by atoms with Crippen molar-refractivity contribution in [2.75, 3.05) is 5.32 Å². The molecule has 0 aliphatic heterocycles. The van der Waals surface area contributed by atoms with Crippen LogP contribution in [0.5, 0.6) is 0 Å². The molecule has 1 aromatic heterocycles. The second kappa shape index (κ2) is 4.09. The van der Waals surface area contributed by atoms with Crippen LogP contribution in [0, 0.1) is 0 Å². The average Bonchev–Trinajstić information content (AvgIpc) is 3.14. The lowest BCUT2D eigenvalue weighted by molar-refractivity contribution is 0.432. The SMILES string of the molecule is c1ccc2cc(-c3noc(NC4CC4)n3)ccc2c1. The van der Waals surface area contributed by atoms with Crippen LogP contribution in [0.3, 0.4) is 0 Å². The summed E-state index contributed by atoms with van der Waals surface area (Å²) >= 11 is 0. The molecule has 0 saturated heterocycles. The molecule has 4 nitrogen and oxygen atoms in total. The molecule has 0 radical (unpaired) electrons. The quantitative estimate of drug-likeness (QED) is 0.774. The third-order valence-corrected chi connectivity index (χ3v) is 3.34. The molecule has 1 aliphatic rings. The molecule has 2 aromatic carbocycles.